The van der Waals surface area contributed by atoms with Crippen LogP contribution in [-0.2, 0) is 9.53 Å². The van der Waals surface area contributed by atoms with Crippen molar-refractivity contribution in [2.45, 2.75) is 57.1 Å². The number of fused-ring (bicyclic) bond motifs is 1. The molecule has 7 heteroatoms. The molecule has 160 valence electrons. The number of anilines is 1. The van der Waals surface area contributed by atoms with Gasteiger partial charge < -0.3 is 19.7 Å². The van der Waals surface area contributed by atoms with Gasteiger partial charge in [0.15, 0.2) is 0 Å². The van der Waals surface area contributed by atoms with Crippen LogP contribution in [0, 0.1) is 5.92 Å². The fraction of sp³-hybridized carbons (Fsp3) is 0.609. The minimum absolute atomic E-state index is 0.145. The summed E-state index contributed by atoms with van der Waals surface area (Å²) in [6, 6.07) is 4.48. The van der Waals surface area contributed by atoms with Crippen molar-refractivity contribution in [3.8, 4) is 5.75 Å². The predicted octanol–water partition coefficient (Wildman–Crippen LogP) is 3.07. The van der Waals surface area contributed by atoms with Crippen molar-refractivity contribution in [1.29, 1.82) is 0 Å². The van der Waals surface area contributed by atoms with Gasteiger partial charge >= 0.3 is 0 Å². The van der Waals surface area contributed by atoms with E-state index < -0.39 is 0 Å². The zero-order valence-electron chi connectivity index (χ0n) is 17.4. The van der Waals surface area contributed by atoms with Crippen LogP contribution in [0.2, 0.25) is 0 Å². The number of nitrogens with zero attached hydrogens (tertiary/aromatic N) is 3. The topological polar surface area (TPSA) is 76.6 Å². The molecule has 2 heterocycles. The molecule has 2 aliphatic carbocycles. The van der Waals surface area contributed by atoms with Gasteiger partial charge in [0.2, 0.25) is 5.91 Å². The number of benzene rings is 1. The average Bonchev–Trinajstić information content (AvgIpc) is 2.74. The number of rotatable bonds is 5. The number of hydrogen-bond donors (Lipinski definition) is 1. The van der Waals surface area contributed by atoms with E-state index >= 15 is 0 Å². The first-order valence-electron chi connectivity index (χ1n) is 11.3. The van der Waals surface area contributed by atoms with Crippen molar-refractivity contribution in [1.82, 2.24) is 15.3 Å². The highest BCUT2D eigenvalue weighted by molar-refractivity contribution is 5.85. The molecular formula is C23H30N4O3. The zero-order valence-corrected chi connectivity index (χ0v) is 17.4. The van der Waals surface area contributed by atoms with Gasteiger partial charge in [-0.05, 0) is 44.6 Å². The van der Waals surface area contributed by atoms with E-state index in [2.05, 4.69) is 32.3 Å². The third kappa shape index (κ3) is 4.21. The molecule has 0 unspecified atom stereocenters. The highest BCUT2D eigenvalue weighted by Gasteiger charge is 2.29. The number of amides is 1. The molecule has 1 amide bonds. The summed E-state index contributed by atoms with van der Waals surface area (Å²) in [4.78, 5) is 23.6. The van der Waals surface area contributed by atoms with Crippen molar-refractivity contribution in [2.75, 3.05) is 31.2 Å². The van der Waals surface area contributed by atoms with Crippen molar-refractivity contribution in [3.05, 3.63) is 24.5 Å². The van der Waals surface area contributed by atoms with Gasteiger partial charge in [-0.25, -0.2) is 4.98 Å². The van der Waals surface area contributed by atoms with Crippen LogP contribution in [0.15, 0.2) is 24.5 Å². The second-order valence-corrected chi connectivity index (χ2v) is 8.70. The Morgan fingerprint density at radius 1 is 1.03 bits per heavy atom. The SMILES string of the molecule is O=C(N[C@H]1CC[C@@H](Oc2cc(N3CCOCC3)cc3nccnc23)CC1)C1CCC1. The molecule has 0 atom stereocenters. The monoisotopic (exact) mass is 410 g/mol. The molecule has 3 fully saturated rings. The second kappa shape index (κ2) is 8.76. The molecule has 0 bridgehead atoms. The summed E-state index contributed by atoms with van der Waals surface area (Å²) in [6.07, 6.45) is 10.7. The quantitative estimate of drug-likeness (QED) is 0.816. The normalized spacial score (nSPS) is 25.0. The van der Waals surface area contributed by atoms with Crippen molar-refractivity contribution < 1.29 is 14.3 Å². The van der Waals surface area contributed by atoms with Gasteiger partial charge in [0.25, 0.3) is 0 Å². The fourth-order valence-corrected chi connectivity index (χ4v) is 4.62. The van der Waals surface area contributed by atoms with Crippen LogP contribution >= 0.6 is 0 Å². The lowest BCUT2D eigenvalue weighted by atomic mass is 9.84. The van der Waals surface area contributed by atoms with Gasteiger partial charge in [-0.2, -0.15) is 0 Å². The van der Waals surface area contributed by atoms with E-state index in [1.165, 1.54) is 6.42 Å². The Morgan fingerprint density at radius 2 is 1.80 bits per heavy atom. The van der Waals surface area contributed by atoms with Crippen LogP contribution in [0.5, 0.6) is 5.75 Å². The molecule has 0 radical (unpaired) electrons. The first-order valence-corrected chi connectivity index (χ1v) is 11.3. The molecule has 1 aromatic heterocycles. The van der Waals surface area contributed by atoms with Crippen molar-refractivity contribution in [2.24, 2.45) is 5.92 Å². The molecule has 1 N–H and O–H groups in total. The van der Waals surface area contributed by atoms with Crippen LogP contribution in [0.1, 0.15) is 44.9 Å². The Bertz CT molecular complexity index is 887. The summed E-state index contributed by atoms with van der Waals surface area (Å²) in [5, 5.41) is 3.25. The summed E-state index contributed by atoms with van der Waals surface area (Å²) in [6.45, 7) is 3.23. The lowest BCUT2D eigenvalue weighted by molar-refractivity contribution is -0.128. The molecule has 0 spiro atoms. The van der Waals surface area contributed by atoms with Crippen LogP contribution in [0.4, 0.5) is 5.69 Å². The predicted molar refractivity (Wildman–Crippen MR) is 115 cm³/mol. The minimum Gasteiger partial charge on any atom is -0.488 e. The number of hydrogen-bond acceptors (Lipinski definition) is 6. The standard InChI is InChI=1S/C23H30N4O3/c28-23(16-2-1-3-16)26-17-4-6-19(7-5-17)30-21-15-18(27-10-12-29-13-11-27)14-20-22(21)25-9-8-24-20/h8-9,14-17,19H,1-7,10-13H2,(H,26,28)/t17-,19+. The summed E-state index contributed by atoms with van der Waals surface area (Å²) in [5.74, 6) is 1.32. The number of aromatic nitrogens is 2. The van der Waals surface area contributed by atoms with Gasteiger partial charge in [-0.1, -0.05) is 6.42 Å². The Balaban J connectivity index is 1.26. The summed E-state index contributed by atoms with van der Waals surface area (Å²) < 4.78 is 12.0. The number of nitrogens with one attached hydrogen (secondary N) is 1. The third-order valence-electron chi connectivity index (χ3n) is 6.69. The van der Waals surface area contributed by atoms with Crippen LogP contribution in [0.3, 0.4) is 0 Å². The smallest absolute Gasteiger partial charge is 0.223 e. The lowest BCUT2D eigenvalue weighted by Crippen LogP contribution is -2.43. The number of carbonyl (C=O) groups is 1. The Labute approximate surface area is 177 Å². The van der Waals surface area contributed by atoms with Gasteiger partial charge in [0, 0.05) is 49.2 Å². The molecule has 1 saturated heterocycles. The number of carbonyl (C=O) groups excluding carboxylic acids is 1. The van der Waals surface area contributed by atoms with Gasteiger partial charge in [0.1, 0.15) is 11.3 Å². The molecular weight excluding hydrogens is 380 g/mol. The first-order chi connectivity index (χ1) is 14.8. The number of ether oxygens (including phenoxy) is 2. The molecule has 5 rings (SSSR count). The maximum atomic E-state index is 12.2. The highest BCUT2D eigenvalue weighted by Crippen LogP contribution is 2.33. The molecule has 30 heavy (non-hydrogen) atoms. The average molecular weight is 411 g/mol. The number of morpholine rings is 1. The van der Waals surface area contributed by atoms with Crippen LogP contribution < -0.4 is 15.0 Å². The first kappa shape index (κ1) is 19.5. The van der Waals surface area contributed by atoms with E-state index in [4.69, 9.17) is 9.47 Å². The molecule has 3 aliphatic rings. The Kier molecular flexibility index (Phi) is 5.71. The second-order valence-electron chi connectivity index (χ2n) is 8.70. The lowest BCUT2D eigenvalue weighted by Gasteiger charge is -2.33. The summed E-state index contributed by atoms with van der Waals surface area (Å²) in [7, 11) is 0. The van der Waals surface area contributed by atoms with E-state index in [-0.39, 0.29) is 24.0 Å². The Morgan fingerprint density at radius 3 is 2.53 bits per heavy atom. The fourth-order valence-electron chi connectivity index (χ4n) is 4.62. The van der Waals surface area contributed by atoms with E-state index in [1.807, 2.05) is 0 Å². The minimum atomic E-state index is 0.145. The maximum absolute atomic E-state index is 12.2. The molecule has 1 aliphatic heterocycles. The zero-order chi connectivity index (χ0) is 20.3. The van der Waals surface area contributed by atoms with Gasteiger partial charge in [-0.15, -0.1) is 0 Å². The molecule has 2 saturated carbocycles. The van der Waals surface area contributed by atoms with E-state index in [9.17, 15) is 4.79 Å². The van der Waals surface area contributed by atoms with E-state index in [1.54, 1.807) is 12.4 Å². The molecule has 1 aromatic carbocycles. The maximum Gasteiger partial charge on any atom is 0.223 e. The van der Waals surface area contributed by atoms with Crippen molar-refractivity contribution in [3.63, 3.8) is 0 Å². The Hall–Kier alpha value is -2.41. The summed E-state index contributed by atoms with van der Waals surface area (Å²) >= 11 is 0. The highest BCUT2D eigenvalue weighted by atomic mass is 16.5. The summed E-state index contributed by atoms with van der Waals surface area (Å²) in [5.41, 5.74) is 2.79. The van der Waals surface area contributed by atoms with E-state index in [0.29, 0.717) is 0 Å². The third-order valence-corrected chi connectivity index (χ3v) is 6.69. The molecule has 7 nitrogen and oxygen atoms in total. The van der Waals surface area contributed by atoms with Crippen molar-refractivity contribution >= 4 is 22.6 Å². The van der Waals surface area contributed by atoms with Crippen LogP contribution in [0.25, 0.3) is 11.0 Å². The molecule has 2 aromatic rings. The van der Waals surface area contributed by atoms with Gasteiger partial charge in [0.05, 0.1) is 24.8 Å². The largest absolute Gasteiger partial charge is 0.488 e. The van der Waals surface area contributed by atoms with Crippen LogP contribution in [-0.4, -0.2) is 54.3 Å². The van der Waals surface area contributed by atoms with E-state index in [0.717, 1.165) is 87.3 Å². The van der Waals surface area contributed by atoms with Gasteiger partial charge in [-0.3, -0.25) is 9.78 Å².